The van der Waals surface area contributed by atoms with Crippen LogP contribution >= 0.6 is 0 Å². The Kier molecular flexibility index (Phi) is 3.06. The summed E-state index contributed by atoms with van der Waals surface area (Å²) in [6.07, 6.45) is -1.76. The normalized spacial score (nSPS) is 12.5. The molecule has 70 valence electrons. The summed E-state index contributed by atoms with van der Waals surface area (Å²) in [6, 6.07) is 3.03. The standard InChI is InChI=1S/C9H7F3O/c10-7(5-13)3-6-1-2-8(11)9(12)4-6/h1-2,4-5,7H,3H2. The number of benzene rings is 1. The summed E-state index contributed by atoms with van der Waals surface area (Å²) in [7, 11) is 0. The molecule has 1 aromatic carbocycles. The molecule has 0 N–H and O–H groups in total. The number of alkyl halides is 1. The molecule has 0 aliphatic heterocycles. The van der Waals surface area contributed by atoms with Gasteiger partial charge in [-0.15, -0.1) is 0 Å². The second-order valence-electron chi connectivity index (χ2n) is 2.60. The maximum atomic E-state index is 12.5. The molecule has 0 fully saturated rings. The van der Waals surface area contributed by atoms with Crippen LogP contribution in [0.15, 0.2) is 18.2 Å². The minimum absolute atomic E-state index is 0.126. The number of carbonyl (C=O) groups is 1. The summed E-state index contributed by atoms with van der Waals surface area (Å²) in [5.41, 5.74) is 0.263. The molecule has 0 saturated carbocycles. The second-order valence-corrected chi connectivity index (χ2v) is 2.60. The summed E-state index contributed by atoms with van der Waals surface area (Å²) < 4.78 is 37.4. The Morgan fingerprint density at radius 2 is 2.00 bits per heavy atom. The van der Waals surface area contributed by atoms with Crippen LogP contribution in [-0.4, -0.2) is 12.5 Å². The molecule has 0 heterocycles. The van der Waals surface area contributed by atoms with Gasteiger partial charge in [0.1, 0.15) is 0 Å². The van der Waals surface area contributed by atoms with Crippen LogP contribution < -0.4 is 0 Å². The number of hydrogen-bond acceptors (Lipinski definition) is 1. The highest BCUT2D eigenvalue weighted by molar-refractivity contribution is 5.56. The summed E-state index contributed by atoms with van der Waals surface area (Å²) >= 11 is 0. The maximum absolute atomic E-state index is 12.5. The van der Waals surface area contributed by atoms with Crippen LogP contribution in [0.25, 0.3) is 0 Å². The molecule has 0 radical (unpaired) electrons. The third kappa shape index (κ3) is 2.57. The van der Waals surface area contributed by atoms with Gasteiger partial charge in [-0.25, -0.2) is 13.2 Å². The molecule has 0 saturated heterocycles. The van der Waals surface area contributed by atoms with Gasteiger partial charge in [-0.1, -0.05) is 6.07 Å². The number of rotatable bonds is 3. The SMILES string of the molecule is O=CC(F)Cc1ccc(F)c(F)c1. The quantitative estimate of drug-likeness (QED) is 0.663. The number of hydrogen-bond donors (Lipinski definition) is 0. The van der Waals surface area contributed by atoms with Crippen LogP contribution in [0.4, 0.5) is 13.2 Å². The fourth-order valence-electron chi connectivity index (χ4n) is 0.940. The van der Waals surface area contributed by atoms with Gasteiger partial charge in [0.25, 0.3) is 0 Å². The molecule has 1 rings (SSSR count). The van der Waals surface area contributed by atoms with Crippen LogP contribution in [0.5, 0.6) is 0 Å². The van der Waals surface area contributed by atoms with Crippen molar-refractivity contribution in [3.05, 3.63) is 35.4 Å². The van der Waals surface area contributed by atoms with Crippen molar-refractivity contribution in [3.8, 4) is 0 Å². The summed E-state index contributed by atoms with van der Waals surface area (Å²) in [4.78, 5) is 9.92. The van der Waals surface area contributed by atoms with E-state index in [0.717, 1.165) is 12.1 Å². The minimum Gasteiger partial charge on any atom is -0.300 e. The third-order valence-corrected chi connectivity index (χ3v) is 1.56. The van der Waals surface area contributed by atoms with Gasteiger partial charge < -0.3 is 4.79 Å². The molecule has 0 amide bonds. The van der Waals surface area contributed by atoms with Gasteiger partial charge in [0.2, 0.25) is 0 Å². The zero-order valence-corrected chi connectivity index (χ0v) is 6.64. The first-order valence-corrected chi connectivity index (χ1v) is 3.67. The van der Waals surface area contributed by atoms with Crippen LogP contribution in [-0.2, 0) is 11.2 Å². The second kappa shape index (κ2) is 4.07. The fourth-order valence-corrected chi connectivity index (χ4v) is 0.940. The van der Waals surface area contributed by atoms with E-state index < -0.39 is 17.8 Å². The molecule has 1 unspecified atom stereocenters. The summed E-state index contributed by atoms with van der Waals surface area (Å²) in [5, 5.41) is 0. The molecule has 1 atom stereocenters. The van der Waals surface area contributed by atoms with Crippen molar-refractivity contribution in [1.82, 2.24) is 0 Å². The van der Waals surface area contributed by atoms with E-state index in [1.54, 1.807) is 0 Å². The molecule has 1 aromatic rings. The van der Waals surface area contributed by atoms with E-state index >= 15 is 0 Å². The van der Waals surface area contributed by atoms with Crippen molar-refractivity contribution >= 4 is 6.29 Å². The lowest BCUT2D eigenvalue weighted by Crippen LogP contribution is -2.06. The van der Waals surface area contributed by atoms with Crippen LogP contribution in [0, 0.1) is 11.6 Å². The molecule has 0 aromatic heterocycles. The Morgan fingerprint density at radius 3 is 2.54 bits per heavy atom. The molecule has 0 aliphatic rings. The minimum atomic E-state index is -1.66. The van der Waals surface area contributed by atoms with Crippen LogP contribution in [0.2, 0.25) is 0 Å². The van der Waals surface area contributed by atoms with Gasteiger partial charge in [0.05, 0.1) is 0 Å². The lowest BCUT2D eigenvalue weighted by molar-refractivity contribution is -0.111. The van der Waals surface area contributed by atoms with E-state index in [9.17, 15) is 18.0 Å². The van der Waals surface area contributed by atoms with Crippen molar-refractivity contribution < 1.29 is 18.0 Å². The highest BCUT2D eigenvalue weighted by Crippen LogP contribution is 2.10. The third-order valence-electron chi connectivity index (χ3n) is 1.56. The smallest absolute Gasteiger partial charge is 0.159 e. The van der Waals surface area contributed by atoms with Gasteiger partial charge in [0.15, 0.2) is 24.1 Å². The van der Waals surface area contributed by atoms with E-state index in [4.69, 9.17) is 0 Å². The Bertz CT molecular complexity index is 312. The monoisotopic (exact) mass is 188 g/mol. The first-order valence-electron chi connectivity index (χ1n) is 3.67. The lowest BCUT2D eigenvalue weighted by Gasteiger charge is -2.01. The summed E-state index contributed by atoms with van der Waals surface area (Å²) in [5.74, 6) is -2.01. The van der Waals surface area contributed by atoms with Crippen molar-refractivity contribution in [1.29, 1.82) is 0 Å². The largest absolute Gasteiger partial charge is 0.300 e. The van der Waals surface area contributed by atoms with Gasteiger partial charge in [-0.2, -0.15) is 0 Å². The van der Waals surface area contributed by atoms with Gasteiger partial charge in [-0.05, 0) is 17.7 Å². The van der Waals surface area contributed by atoms with Crippen molar-refractivity contribution in [2.24, 2.45) is 0 Å². The Balaban J connectivity index is 2.79. The zero-order chi connectivity index (χ0) is 9.84. The Morgan fingerprint density at radius 1 is 1.31 bits per heavy atom. The van der Waals surface area contributed by atoms with E-state index in [0.29, 0.717) is 0 Å². The summed E-state index contributed by atoms with van der Waals surface area (Å²) in [6.45, 7) is 0. The van der Waals surface area contributed by atoms with Crippen LogP contribution in [0.1, 0.15) is 5.56 Å². The average molecular weight is 188 g/mol. The van der Waals surface area contributed by atoms with E-state index in [-0.39, 0.29) is 18.3 Å². The predicted octanol–water partition coefficient (Wildman–Crippen LogP) is 2.04. The molecule has 0 spiro atoms. The molecular formula is C9H7F3O. The molecule has 13 heavy (non-hydrogen) atoms. The number of carbonyl (C=O) groups excluding carboxylic acids is 1. The van der Waals surface area contributed by atoms with Crippen molar-refractivity contribution in [2.75, 3.05) is 0 Å². The molecule has 4 heteroatoms. The topological polar surface area (TPSA) is 17.1 Å². The van der Waals surface area contributed by atoms with Gasteiger partial charge >= 0.3 is 0 Å². The molecular weight excluding hydrogens is 181 g/mol. The molecule has 1 nitrogen and oxygen atoms in total. The van der Waals surface area contributed by atoms with Crippen molar-refractivity contribution in [3.63, 3.8) is 0 Å². The lowest BCUT2D eigenvalue weighted by atomic mass is 10.1. The van der Waals surface area contributed by atoms with Crippen LogP contribution in [0.3, 0.4) is 0 Å². The molecule has 0 bridgehead atoms. The zero-order valence-electron chi connectivity index (χ0n) is 6.64. The van der Waals surface area contributed by atoms with Gasteiger partial charge in [0, 0.05) is 6.42 Å². The predicted molar refractivity (Wildman–Crippen MR) is 41.0 cm³/mol. The average Bonchev–Trinajstić information content (AvgIpc) is 2.11. The number of aldehydes is 1. The highest BCUT2D eigenvalue weighted by atomic mass is 19.2. The Hall–Kier alpha value is -1.32. The molecule has 0 aliphatic carbocycles. The van der Waals surface area contributed by atoms with E-state index in [1.807, 2.05) is 0 Å². The maximum Gasteiger partial charge on any atom is 0.159 e. The van der Waals surface area contributed by atoms with Gasteiger partial charge in [-0.3, -0.25) is 0 Å². The first kappa shape index (κ1) is 9.77. The fraction of sp³-hybridized carbons (Fsp3) is 0.222. The number of halogens is 3. The first-order chi connectivity index (χ1) is 6.13. The van der Waals surface area contributed by atoms with E-state index in [1.165, 1.54) is 6.07 Å². The highest BCUT2D eigenvalue weighted by Gasteiger charge is 2.08. The van der Waals surface area contributed by atoms with E-state index in [2.05, 4.69) is 0 Å². The Labute approximate surface area is 73.2 Å². The van der Waals surface area contributed by atoms with Crippen molar-refractivity contribution in [2.45, 2.75) is 12.6 Å².